The SMILES string of the molecule is Cc1cc(C2CCN(C(=O)C3CC4(COC(=O)N4)C3)CC2)ccc1F. The number of benzene rings is 1. The van der Waals surface area contributed by atoms with Crippen molar-refractivity contribution in [2.45, 2.75) is 44.1 Å². The summed E-state index contributed by atoms with van der Waals surface area (Å²) in [4.78, 5) is 25.8. The quantitative estimate of drug-likeness (QED) is 0.896. The number of nitrogens with one attached hydrogen (secondary N) is 1. The third-order valence-corrected chi connectivity index (χ3v) is 5.93. The Bertz CT molecular complexity index is 707. The molecular weight excluding hydrogens is 323 g/mol. The Labute approximate surface area is 146 Å². The highest BCUT2D eigenvalue weighted by Crippen LogP contribution is 2.42. The molecule has 1 aromatic rings. The minimum absolute atomic E-state index is 0.00776. The molecule has 6 heteroatoms. The maximum Gasteiger partial charge on any atom is 0.407 e. The number of aryl methyl sites for hydroxylation is 1. The number of ether oxygens (including phenoxy) is 1. The van der Waals surface area contributed by atoms with Crippen LogP contribution in [-0.4, -0.2) is 42.1 Å². The minimum Gasteiger partial charge on any atom is -0.447 e. The van der Waals surface area contributed by atoms with Crippen LogP contribution < -0.4 is 5.32 Å². The first-order chi connectivity index (χ1) is 12.0. The van der Waals surface area contributed by atoms with E-state index in [2.05, 4.69) is 5.32 Å². The van der Waals surface area contributed by atoms with E-state index in [1.807, 2.05) is 17.0 Å². The molecule has 2 aliphatic heterocycles. The van der Waals surface area contributed by atoms with Gasteiger partial charge in [0.25, 0.3) is 0 Å². The molecule has 0 aromatic heterocycles. The zero-order chi connectivity index (χ0) is 17.6. The summed E-state index contributed by atoms with van der Waals surface area (Å²) in [5, 5.41) is 2.83. The predicted molar refractivity (Wildman–Crippen MR) is 89.6 cm³/mol. The number of hydrogen-bond acceptors (Lipinski definition) is 3. The van der Waals surface area contributed by atoms with Crippen LogP contribution in [0.25, 0.3) is 0 Å². The van der Waals surface area contributed by atoms with Crippen LogP contribution in [0, 0.1) is 18.7 Å². The standard InChI is InChI=1S/C19H23FN2O3/c1-12-8-14(2-3-16(12)20)13-4-6-22(7-5-13)17(23)15-9-19(10-15)11-25-18(24)21-19/h2-3,8,13,15H,4-7,9-11H2,1H3,(H,21,24). The number of piperidine rings is 1. The number of carbonyl (C=O) groups is 2. The second kappa shape index (κ2) is 6.00. The number of likely N-dealkylation sites (tertiary alicyclic amines) is 1. The molecule has 1 saturated carbocycles. The lowest BCUT2D eigenvalue weighted by Gasteiger charge is -2.45. The van der Waals surface area contributed by atoms with Gasteiger partial charge in [-0.1, -0.05) is 12.1 Å². The molecule has 1 spiro atoms. The number of nitrogens with zero attached hydrogens (tertiary/aromatic N) is 1. The number of alkyl carbamates (subject to hydrolysis) is 1. The first-order valence-electron chi connectivity index (χ1n) is 8.96. The maximum absolute atomic E-state index is 13.4. The van der Waals surface area contributed by atoms with Gasteiger partial charge in [0.05, 0.1) is 5.54 Å². The van der Waals surface area contributed by atoms with Crippen molar-refractivity contribution in [3.8, 4) is 0 Å². The molecule has 5 nitrogen and oxygen atoms in total. The van der Waals surface area contributed by atoms with Gasteiger partial charge in [-0.2, -0.15) is 0 Å². The fourth-order valence-electron chi connectivity index (χ4n) is 4.38. The summed E-state index contributed by atoms with van der Waals surface area (Å²) in [5.74, 6) is 0.406. The van der Waals surface area contributed by atoms with E-state index in [-0.39, 0.29) is 29.3 Å². The van der Waals surface area contributed by atoms with Gasteiger partial charge >= 0.3 is 6.09 Å². The molecule has 0 radical (unpaired) electrons. The van der Waals surface area contributed by atoms with Crippen molar-refractivity contribution in [2.24, 2.45) is 5.92 Å². The summed E-state index contributed by atoms with van der Waals surface area (Å²) in [5.41, 5.74) is 1.54. The van der Waals surface area contributed by atoms with E-state index in [0.29, 0.717) is 30.9 Å². The topological polar surface area (TPSA) is 58.6 Å². The summed E-state index contributed by atoms with van der Waals surface area (Å²) in [6.45, 7) is 3.65. The van der Waals surface area contributed by atoms with E-state index in [4.69, 9.17) is 4.74 Å². The van der Waals surface area contributed by atoms with Crippen molar-refractivity contribution in [3.63, 3.8) is 0 Å². The van der Waals surface area contributed by atoms with Crippen LogP contribution in [0.1, 0.15) is 42.7 Å². The summed E-state index contributed by atoms with van der Waals surface area (Å²) in [6, 6.07) is 5.33. The molecule has 4 rings (SSSR count). The van der Waals surface area contributed by atoms with Gasteiger partial charge in [0.15, 0.2) is 0 Å². The van der Waals surface area contributed by atoms with Crippen LogP contribution in [0.3, 0.4) is 0 Å². The Balaban J connectivity index is 1.31. The second-order valence-electron chi connectivity index (χ2n) is 7.69. The Hall–Kier alpha value is -2.11. The molecule has 1 aliphatic carbocycles. The summed E-state index contributed by atoms with van der Waals surface area (Å²) >= 11 is 0. The number of carbonyl (C=O) groups excluding carboxylic acids is 2. The fraction of sp³-hybridized carbons (Fsp3) is 0.579. The Kier molecular flexibility index (Phi) is 3.93. The first kappa shape index (κ1) is 16.4. The van der Waals surface area contributed by atoms with E-state index >= 15 is 0 Å². The molecule has 3 aliphatic rings. The molecule has 134 valence electrons. The van der Waals surface area contributed by atoms with Crippen molar-refractivity contribution >= 4 is 12.0 Å². The molecular formula is C19H23FN2O3. The maximum atomic E-state index is 13.4. The van der Waals surface area contributed by atoms with E-state index in [1.54, 1.807) is 6.92 Å². The molecule has 2 saturated heterocycles. The molecule has 0 atom stereocenters. The third kappa shape index (κ3) is 2.98. The van der Waals surface area contributed by atoms with Crippen molar-refractivity contribution < 1.29 is 18.7 Å². The number of cyclic esters (lactones) is 1. The number of amides is 2. The highest BCUT2D eigenvalue weighted by Gasteiger charge is 2.53. The Morgan fingerprint density at radius 3 is 2.64 bits per heavy atom. The average Bonchev–Trinajstić information content (AvgIpc) is 2.98. The molecule has 3 fully saturated rings. The molecule has 1 N–H and O–H groups in total. The largest absolute Gasteiger partial charge is 0.447 e. The van der Waals surface area contributed by atoms with Crippen LogP contribution in [0.5, 0.6) is 0 Å². The van der Waals surface area contributed by atoms with E-state index in [9.17, 15) is 14.0 Å². The number of halogens is 1. The summed E-state index contributed by atoms with van der Waals surface area (Å²) in [7, 11) is 0. The Morgan fingerprint density at radius 2 is 2.04 bits per heavy atom. The normalized spacial score (nSPS) is 29.3. The summed E-state index contributed by atoms with van der Waals surface area (Å²) in [6.07, 6.45) is 2.80. The van der Waals surface area contributed by atoms with E-state index < -0.39 is 0 Å². The van der Waals surface area contributed by atoms with Gasteiger partial charge < -0.3 is 15.0 Å². The van der Waals surface area contributed by atoms with Crippen molar-refractivity contribution in [1.82, 2.24) is 10.2 Å². The van der Waals surface area contributed by atoms with Gasteiger partial charge in [-0.25, -0.2) is 9.18 Å². The smallest absolute Gasteiger partial charge is 0.407 e. The molecule has 0 bridgehead atoms. The molecule has 25 heavy (non-hydrogen) atoms. The monoisotopic (exact) mass is 346 g/mol. The highest BCUT2D eigenvalue weighted by atomic mass is 19.1. The van der Waals surface area contributed by atoms with Crippen LogP contribution in [0.2, 0.25) is 0 Å². The van der Waals surface area contributed by atoms with Gasteiger partial charge in [-0.3, -0.25) is 4.79 Å². The lowest BCUT2D eigenvalue weighted by molar-refractivity contribution is -0.142. The molecule has 2 amide bonds. The van der Waals surface area contributed by atoms with Crippen LogP contribution in [0.15, 0.2) is 18.2 Å². The van der Waals surface area contributed by atoms with Crippen LogP contribution >= 0.6 is 0 Å². The zero-order valence-electron chi connectivity index (χ0n) is 14.4. The summed E-state index contributed by atoms with van der Waals surface area (Å²) < 4.78 is 18.4. The van der Waals surface area contributed by atoms with Gasteiger partial charge in [0.2, 0.25) is 5.91 Å². The minimum atomic E-state index is -0.374. The molecule has 0 unspecified atom stereocenters. The molecule has 2 heterocycles. The van der Waals surface area contributed by atoms with E-state index in [1.165, 1.54) is 11.6 Å². The van der Waals surface area contributed by atoms with Gasteiger partial charge in [-0.15, -0.1) is 0 Å². The number of hydrogen-bond donors (Lipinski definition) is 1. The highest BCUT2D eigenvalue weighted by molar-refractivity contribution is 5.81. The van der Waals surface area contributed by atoms with Crippen molar-refractivity contribution in [3.05, 3.63) is 35.1 Å². The number of rotatable bonds is 2. The average molecular weight is 346 g/mol. The zero-order valence-corrected chi connectivity index (χ0v) is 14.4. The predicted octanol–water partition coefficient (Wildman–Crippen LogP) is 2.73. The third-order valence-electron chi connectivity index (χ3n) is 5.93. The van der Waals surface area contributed by atoms with Crippen molar-refractivity contribution in [1.29, 1.82) is 0 Å². The molecule has 1 aromatic carbocycles. The van der Waals surface area contributed by atoms with Gasteiger partial charge in [0.1, 0.15) is 12.4 Å². The van der Waals surface area contributed by atoms with Gasteiger partial charge in [-0.05, 0) is 55.7 Å². The van der Waals surface area contributed by atoms with Gasteiger partial charge in [0, 0.05) is 19.0 Å². The van der Waals surface area contributed by atoms with E-state index in [0.717, 1.165) is 25.9 Å². The lowest BCUT2D eigenvalue weighted by atomic mass is 9.68. The fourth-order valence-corrected chi connectivity index (χ4v) is 4.38. The van der Waals surface area contributed by atoms with Crippen LogP contribution in [0.4, 0.5) is 9.18 Å². The first-order valence-corrected chi connectivity index (χ1v) is 8.96. The van der Waals surface area contributed by atoms with Crippen LogP contribution in [-0.2, 0) is 9.53 Å². The second-order valence-corrected chi connectivity index (χ2v) is 7.69. The lowest BCUT2D eigenvalue weighted by Crippen LogP contribution is -2.58. The Morgan fingerprint density at radius 1 is 1.32 bits per heavy atom. The van der Waals surface area contributed by atoms with Crippen molar-refractivity contribution in [2.75, 3.05) is 19.7 Å².